The molecule has 0 fully saturated rings. The molecule has 0 spiro atoms. The van der Waals surface area contributed by atoms with Crippen LogP contribution in [0.5, 0.6) is 5.75 Å². The molecule has 0 saturated heterocycles. The van der Waals surface area contributed by atoms with Gasteiger partial charge < -0.3 is 19.7 Å². The monoisotopic (exact) mass is 328 g/mol. The smallest absolute Gasteiger partial charge is 0.343 e. The fourth-order valence-electron chi connectivity index (χ4n) is 2.65. The molecule has 2 N–H and O–H groups in total. The lowest BCUT2D eigenvalue weighted by molar-refractivity contribution is -0.158. The maximum atomic E-state index is 12.1. The molecule has 1 aromatic rings. The van der Waals surface area contributed by atoms with Gasteiger partial charge in [-0.3, -0.25) is 9.59 Å². The Hall–Kier alpha value is -2.28. The van der Waals surface area contributed by atoms with Gasteiger partial charge in [-0.2, -0.15) is 0 Å². The van der Waals surface area contributed by atoms with E-state index in [1.807, 2.05) is 0 Å². The summed E-state index contributed by atoms with van der Waals surface area (Å²) >= 11 is 6.11. The first-order valence-electron chi connectivity index (χ1n) is 6.27. The fourth-order valence-corrected chi connectivity index (χ4v) is 2.99. The van der Waals surface area contributed by atoms with Gasteiger partial charge in [0.05, 0.1) is 13.5 Å². The Morgan fingerprint density at radius 2 is 2.05 bits per heavy atom. The van der Waals surface area contributed by atoms with Gasteiger partial charge in [-0.05, 0) is 19.1 Å². The minimum atomic E-state index is -1.69. The summed E-state index contributed by atoms with van der Waals surface area (Å²) in [5, 5.41) is 18.4. The summed E-state index contributed by atoms with van der Waals surface area (Å²) in [6.45, 7) is 1.34. The van der Waals surface area contributed by atoms with Gasteiger partial charge in [0.15, 0.2) is 5.60 Å². The van der Waals surface area contributed by atoms with Crippen LogP contribution in [0.3, 0.4) is 0 Å². The van der Waals surface area contributed by atoms with Crippen molar-refractivity contribution < 1.29 is 34.1 Å². The largest absolute Gasteiger partial charge is 0.496 e. The number of halogens is 1. The molecule has 0 aliphatic carbocycles. The predicted molar refractivity (Wildman–Crippen MR) is 74.2 cm³/mol. The molecule has 2 unspecified atom stereocenters. The number of benzene rings is 1. The highest BCUT2D eigenvalue weighted by molar-refractivity contribution is 6.32. The Morgan fingerprint density at radius 3 is 2.55 bits per heavy atom. The van der Waals surface area contributed by atoms with Crippen LogP contribution >= 0.6 is 11.6 Å². The Morgan fingerprint density at radius 1 is 1.41 bits per heavy atom. The number of carboxylic acid groups (broad SMARTS) is 2. The van der Waals surface area contributed by atoms with E-state index in [0.717, 1.165) is 0 Å². The summed E-state index contributed by atoms with van der Waals surface area (Å²) in [4.78, 5) is 34.6. The molecule has 1 aliphatic heterocycles. The molecule has 1 aromatic carbocycles. The summed E-state index contributed by atoms with van der Waals surface area (Å²) in [6.07, 6.45) is -0.716. The van der Waals surface area contributed by atoms with Crippen molar-refractivity contribution in [1.82, 2.24) is 0 Å². The van der Waals surface area contributed by atoms with Crippen LogP contribution in [0.25, 0.3) is 0 Å². The maximum absolute atomic E-state index is 12.1. The van der Waals surface area contributed by atoms with Gasteiger partial charge in [0.1, 0.15) is 17.2 Å². The number of aliphatic carboxylic acids is 2. The molecule has 1 heterocycles. The van der Waals surface area contributed by atoms with Crippen molar-refractivity contribution in [3.63, 3.8) is 0 Å². The van der Waals surface area contributed by atoms with Gasteiger partial charge in [-0.25, -0.2) is 4.79 Å². The van der Waals surface area contributed by atoms with Crippen molar-refractivity contribution >= 4 is 29.5 Å². The number of hydrogen-bond donors (Lipinski definition) is 2. The zero-order valence-corrected chi connectivity index (χ0v) is 12.5. The van der Waals surface area contributed by atoms with E-state index < -0.39 is 35.8 Å². The number of ether oxygens (including phenoxy) is 2. The number of cyclic esters (lactones) is 1. The van der Waals surface area contributed by atoms with Crippen LogP contribution in [-0.4, -0.2) is 35.2 Å². The lowest BCUT2D eigenvalue weighted by atomic mass is 9.80. The molecule has 118 valence electrons. The Bertz CT molecular complexity index is 669. The van der Waals surface area contributed by atoms with Crippen molar-refractivity contribution in [2.45, 2.75) is 18.9 Å². The van der Waals surface area contributed by atoms with Crippen LogP contribution in [0.15, 0.2) is 12.1 Å². The van der Waals surface area contributed by atoms with Gasteiger partial charge in [0.25, 0.3) is 0 Å². The molecule has 0 radical (unpaired) electrons. The fraction of sp³-hybridized carbons (Fsp3) is 0.357. The van der Waals surface area contributed by atoms with E-state index in [0.29, 0.717) is 0 Å². The molecule has 0 aromatic heterocycles. The van der Waals surface area contributed by atoms with E-state index in [9.17, 15) is 19.5 Å². The average molecular weight is 329 g/mol. The van der Waals surface area contributed by atoms with Crippen LogP contribution in [-0.2, 0) is 19.9 Å². The summed E-state index contributed by atoms with van der Waals surface area (Å²) in [5.74, 6) is -4.82. The molecule has 22 heavy (non-hydrogen) atoms. The first kappa shape index (κ1) is 16.1. The summed E-state index contributed by atoms with van der Waals surface area (Å²) < 4.78 is 10.3. The predicted octanol–water partition coefficient (Wildman–Crippen LogP) is 1.91. The van der Waals surface area contributed by atoms with Crippen molar-refractivity contribution in [3.05, 3.63) is 28.3 Å². The van der Waals surface area contributed by atoms with Crippen molar-refractivity contribution in [1.29, 1.82) is 0 Å². The van der Waals surface area contributed by atoms with E-state index in [2.05, 4.69) is 0 Å². The van der Waals surface area contributed by atoms with Crippen LogP contribution in [0.1, 0.15) is 29.3 Å². The molecule has 0 saturated carbocycles. The SMILES string of the molecule is COc1ccc(Cl)c2c1C(=O)OC2(C)C(CC(=O)O)C(=O)O. The molecular formula is C14H13ClO7. The minimum Gasteiger partial charge on any atom is -0.496 e. The van der Waals surface area contributed by atoms with E-state index in [1.54, 1.807) is 0 Å². The number of rotatable bonds is 5. The van der Waals surface area contributed by atoms with Crippen LogP contribution in [0.4, 0.5) is 0 Å². The first-order chi connectivity index (χ1) is 10.2. The van der Waals surface area contributed by atoms with Crippen molar-refractivity contribution in [2.75, 3.05) is 7.11 Å². The number of carboxylic acids is 2. The molecule has 2 atom stereocenters. The number of esters is 1. The third-order valence-electron chi connectivity index (χ3n) is 3.68. The molecular weight excluding hydrogens is 316 g/mol. The average Bonchev–Trinajstić information content (AvgIpc) is 2.70. The Labute approximate surface area is 130 Å². The highest BCUT2D eigenvalue weighted by Gasteiger charge is 2.53. The second-order valence-corrected chi connectivity index (χ2v) is 5.39. The van der Waals surface area contributed by atoms with Crippen molar-refractivity contribution in [2.24, 2.45) is 5.92 Å². The number of methoxy groups -OCH3 is 1. The summed E-state index contributed by atoms with van der Waals surface area (Å²) in [5.41, 5.74) is -1.54. The second-order valence-electron chi connectivity index (χ2n) is 4.98. The molecule has 0 bridgehead atoms. The van der Waals surface area contributed by atoms with Crippen LogP contribution < -0.4 is 4.74 Å². The Balaban J connectivity index is 2.67. The van der Waals surface area contributed by atoms with E-state index in [4.69, 9.17) is 26.2 Å². The Kier molecular flexibility index (Phi) is 4.02. The van der Waals surface area contributed by atoms with Gasteiger partial charge in [-0.1, -0.05) is 11.6 Å². The lowest BCUT2D eigenvalue weighted by Crippen LogP contribution is -2.39. The van der Waals surface area contributed by atoms with E-state index >= 15 is 0 Å². The van der Waals surface area contributed by atoms with E-state index in [-0.39, 0.29) is 21.9 Å². The minimum absolute atomic E-state index is 0.0224. The molecule has 1 aliphatic rings. The number of carbonyl (C=O) groups excluding carboxylic acids is 1. The zero-order valence-electron chi connectivity index (χ0n) is 11.8. The maximum Gasteiger partial charge on any atom is 0.343 e. The zero-order chi connectivity index (χ0) is 16.7. The van der Waals surface area contributed by atoms with Gasteiger partial charge in [0.2, 0.25) is 0 Å². The van der Waals surface area contributed by atoms with Crippen molar-refractivity contribution in [3.8, 4) is 5.75 Å². The number of hydrogen-bond acceptors (Lipinski definition) is 5. The normalized spacial score (nSPS) is 21.0. The molecule has 8 heteroatoms. The number of fused-ring (bicyclic) bond motifs is 1. The third kappa shape index (κ3) is 2.37. The third-order valence-corrected chi connectivity index (χ3v) is 4.00. The number of carbonyl (C=O) groups is 3. The molecule has 2 rings (SSSR count). The van der Waals surface area contributed by atoms with Crippen LogP contribution in [0.2, 0.25) is 5.02 Å². The quantitative estimate of drug-likeness (QED) is 0.794. The first-order valence-corrected chi connectivity index (χ1v) is 6.65. The van der Waals surface area contributed by atoms with Gasteiger partial charge in [0, 0.05) is 10.6 Å². The highest BCUT2D eigenvalue weighted by atomic mass is 35.5. The highest BCUT2D eigenvalue weighted by Crippen LogP contribution is 2.49. The molecule has 0 amide bonds. The standard InChI is InChI=1S/C14H13ClO7/c1-14(6(12(18)19)5-9(16)17)11-7(15)3-4-8(21-2)10(11)13(20)22-14/h3-4,6H,5H2,1-2H3,(H,16,17)(H,18,19). The van der Waals surface area contributed by atoms with E-state index in [1.165, 1.54) is 26.2 Å². The van der Waals surface area contributed by atoms with Gasteiger partial charge >= 0.3 is 17.9 Å². The summed E-state index contributed by atoms with van der Waals surface area (Å²) in [7, 11) is 1.35. The second kappa shape index (κ2) is 5.49. The summed E-state index contributed by atoms with van der Waals surface area (Å²) in [6, 6.07) is 2.90. The molecule has 7 nitrogen and oxygen atoms in total. The van der Waals surface area contributed by atoms with Gasteiger partial charge in [-0.15, -0.1) is 0 Å². The lowest BCUT2D eigenvalue weighted by Gasteiger charge is -2.30. The van der Waals surface area contributed by atoms with Crippen LogP contribution in [0, 0.1) is 5.92 Å². The topological polar surface area (TPSA) is 110 Å².